The summed E-state index contributed by atoms with van der Waals surface area (Å²) in [5.41, 5.74) is 2.87. The largest absolute Gasteiger partial charge is 0.493 e. The Balaban J connectivity index is 1.59. The second kappa shape index (κ2) is 10.9. The lowest BCUT2D eigenvalue weighted by Crippen LogP contribution is -2.54. The number of ether oxygens (including phenoxy) is 2. The predicted octanol–water partition coefficient (Wildman–Crippen LogP) is 5.61. The van der Waals surface area contributed by atoms with Crippen LogP contribution in [-0.2, 0) is 10.2 Å². The van der Waals surface area contributed by atoms with Crippen LogP contribution in [0.1, 0.15) is 49.7 Å². The number of carbonyl (C=O) groups is 2. The van der Waals surface area contributed by atoms with Crippen LogP contribution in [0.2, 0.25) is 5.02 Å². The zero-order chi connectivity index (χ0) is 28.7. The van der Waals surface area contributed by atoms with Gasteiger partial charge in [0.2, 0.25) is 0 Å². The zero-order valence-corrected chi connectivity index (χ0v) is 24.8. The first-order valence-corrected chi connectivity index (χ1v) is 14.6. The van der Waals surface area contributed by atoms with Crippen molar-refractivity contribution < 1.29 is 19.1 Å². The van der Waals surface area contributed by atoms with E-state index >= 15 is 0 Å². The van der Waals surface area contributed by atoms with E-state index in [4.69, 9.17) is 26.1 Å². The van der Waals surface area contributed by atoms with Crippen LogP contribution >= 0.6 is 23.4 Å². The molecule has 2 amide bonds. The van der Waals surface area contributed by atoms with E-state index in [1.807, 2.05) is 45.2 Å². The molecule has 1 spiro atoms. The smallest absolute Gasteiger partial charge is 0.410 e. The van der Waals surface area contributed by atoms with E-state index in [-0.39, 0.29) is 12.0 Å². The third kappa shape index (κ3) is 5.32. The molecule has 3 aromatic rings. The van der Waals surface area contributed by atoms with Crippen LogP contribution in [-0.4, -0.2) is 70.5 Å². The summed E-state index contributed by atoms with van der Waals surface area (Å²) >= 11 is 7.85. The number of nitrogens with zero attached hydrogens (tertiary/aromatic N) is 3. The average Bonchev–Trinajstić information content (AvgIpc) is 3.31. The Morgan fingerprint density at radius 3 is 2.65 bits per heavy atom. The molecule has 3 N–H and O–H groups in total. The van der Waals surface area contributed by atoms with Crippen LogP contribution < -0.4 is 15.4 Å². The van der Waals surface area contributed by atoms with Crippen molar-refractivity contribution in [3.8, 4) is 17.1 Å². The molecule has 10 nitrogen and oxygen atoms in total. The van der Waals surface area contributed by atoms with Gasteiger partial charge in [-0.2, -0.15) is 0 Å². The van der Waals surface area contributed by atoms with Gasteiger partial charge in [-0.3, -0.25) is 4.79 Å². The number of amides is 2. The van der Waals surface area contributed by atoms with Crippen molar-refractivity contribution in [2.75, 3.05) is 38.3 Å². The number of likely N-dealkylation sites (tertiary alicyclic amines) is 1. The first kappa shape index (κ1) is 28.1. The lowest BCUT2D eigenvalue weighted by atomic mass is 9.72. The predicted molar refractivity (Wildman–Crippen MR) is 156 cm³/mol. The topological polar surface area (TPSA) is 121 Å². The van der Waals surface area contributed by atoms with E-state index in [0.717, 1.165) is 5.69 Å². The standard InChI is InChI=1S/C28H33ClN6O4S/c1-27(2,3)39-26(37)35-13-10-28(11-14-35)15-31-24(36)19-21(32-18-8-6-7-16(29)22(18)38-4)20(34-23(19)28)17-9-12-30-25(33-17)40-5/h6-9,12,32,34H,10-11,13-15H2,1-5H3,(H,31,36). The molecule has 2 aromatic heterocycles. The quantitative estimate of drug-likeness (QED) is 0.261. The lowest BCUT2D eigenvalue weighted by molar-refractivity contribution is 0.0156. The van der Waals surface area contributed by atoms with Crippen molar-refractivity contribution >= 4 is 46.7 Å². The van der Waals surface area contributed by atoms with Gasteiger partial charge in [0, 0.05) is 36.9 Å². The van der Waals surface area contributed by atoms with E-state index in [9.17, 15) is 9.59 Å². The third-order valence-corrected chi connectivity index (χ3v) is 8.08. The van der Waals surface area contributed by atoms with Gasteiger partial charge in [0.25, 0.3) is 5.91 Å². The maximum atomic E-state index is 13.5. The molecule has 4 heterocycles. The second-order valence-corrected chi connectivity index (χ2v) is 12.1. The number of anilines is 2. The highest BCUT2D eigenvalue weighted by Gasteiger charge is 2.46. The summed E-state index contributed by atoms with van der Waals surface area (Å²) < 4.78 is 11.2. The number of aromatic nitrogens is 3. The number of rotatable bonds is 5. The lowest BCUT2D eigenvalue weighted by Gasteiger charge is -2.43. The number of H-pyrrole nitrogens is 1. The van der Waals surface area contributed by atoms with Gasteiger partial charge in [0.15, 0.2) is 10.9 Å². The van der Waals surface area contributed by atoms with Crippen LogP contribution in [0, 0.1) is 0 Å². The summed E-state index contributed by atoms with van der Waals surface area (Å²) in [4.78, 5) is 40.6. The number of carbonyl (C=O) groups excluding carboxylic acids is 2. The Bertz CT molecular complexity index is 1450. The number of halogens is 1. The molecule has 0 atom stereocenters. The van der Waals surface area contributed by atoms with Gasteiger partial charge in [-0.25, -0.2) is 14.8 Å². The summed E-state index contributed by atoms with van der Waals surface area (Å²) in [6.07, 6.45) is 4.59. The third-order valence-electron chi connectivity index (χ3n) is 7.22. The minimum absolute atomic E-state index is 0.194. The van der Waals surface area contributed by atoms with Gasteiger partial charge in [0.1, 0.15) is 5.60 Å². The van der Waals surface area contributed by atoms with Crippen LogP contribution in [0.4, 0.5) is 16.2 Å². The summed E-state index contributed by atoms with van der Waals surface area (Å²) in [5, 5.41) is 7.59. The van der Waals surface area contributed by atoms with Crippen molar-refractivity contribution in [2.24, 2.45) is 0 Å². The highest BCUT2D eigenvalue weighted by molar-refractivity contribution is 7.98. The van der Waals surface area contributed by atoms with E-state index in [1.165, 1.54) is 11.8 Å². The molecule has 1 fully saturated rings. The normalized spacial score (nSPS) is 16.4. The number of piperidine rings is 1. The Hall–Kier alpha value is -3.44. The fourth-order valence-corrected chi connectivity index (χ4v) is 5.87. The van der Waals surface area contributed by atoms with Crippen LogP contribution in [0.3, 0.4) is 0 Å². The van der Waals surface area contributed by atoms with Crippen LogP contribution in [0.15, 0.2) is 35.6 Å². The number of hydrogen-bond donors (Lipinski definition) is 3. The fraction of sp³-hybridized carbons (Fsp3) is 0.429. The van der Waals surface area contributed by atoms with E-state index in [0.29, 0.717) is 76.7 Å². The number of thioether (sulfide) groups is 1. The molecule has 212 valence electrons. The molecule has 0 unspecified atom stereocenters. The number of aromatic amines is 1. The molecular formula is C28H33ClN6O4S. The van der Waals surface area contributed by atoms with Gasteiger partial charge in [0.05, 0.1) is 40.5 Å². The second-order valence-electron chi connectivity index (χ2n) is 10.9. The van der Waals surface area contributed by atoms with Gasteiger partial charge in [-0.15, -0.1) is 0 Å². The minimum Gasteiger partial charge on any atom is -0.493 e. The van der Waals surface area contributed by atoms with Crippen molar-refractivity contribution in [3.63, 3.8) is 0 Å². The summed E-state index contributed by atoms with van der Waals surface area (Å²) in [6.45, 7) is 7.05. The number of para-hydroxylation sites is 1. The molecule has 0 radical (unpaired) electrons. The van der Waals surface area contributed by atoms with Crippen molar-refractivity contribution in [1.82, 2.24) is 25.2 Å². The highest BCUT2D eigenvalue weighted by atomic mass is 35.5. The Morgan fingerprint density at radius 2 is 1.98 bits per heavy atom. The van der Waals surface area contributed by atoms with E-state index < -0.39 is 11.0 Å². The van der Waals surface area contributed by atoms with Crippen molar-refractivity contribution in [2.45, 2.75) is 49.8 Å². The van der Waals surface area contributed by atoms with E-state index in [2.05, 4.69) is 20.6 Å². The van der Waals surface area contributed by atoms with Gasteiger partial charge in [-0.05, 0) is 58.1 Å². The fourth-order valence-electron chi connectivity index (χ4n) is 5.27. The Kier molecular flexibility index (Phi) is 7.62. The molecular weight excluding hydrogens is 552 g/mol. The van der Waals surface area contributed by atoms with Gasteiger partial charge < -0.3 is 30.0 Å². The first-order valence-electron chi connectivity index (χ1n) is 13.0. The van der Waals surface area contributed by atoms with Gasteiger partial charge in [-0.1, -0.05) is 29.4 Å². The summed E-state index contributed by atoms with van der Waals surface area (Å²) in [6, 6.07) is 7.22. The number of methoxy groups -OCH3 is 1. The maximum Gasteiger partial charge on any atom is 0.410 e. The zero-order valence-electron chi connectivity index (χ0n) is 23.2. The number of nitrogens with one attached hydrogen (secondary N) is 3. The van der Waals surface area contributed by atoms with Crippen molar-refractivity contribution in [1.29, 1.82) is 0 Å². The molecule has 0 bridgehead atoms. The molecule has 40 heavy (non-hydrogen) atoms. The molecule has 2 aliphatic heterocycles. The van der Waals surface area contributed by atoms with Crippen LogP contribution in [0.5, 0.6) is 5.75 Å². The molecule has 2 aliphatic rings. The molecule has 0 aliphatic carbocycles. The SMILES string of the molecule is COc1c(Cl)cccc1Nc1c(-c2ccnc(SC)n2)[nH]c2c1C(=O)NCC21CCN(C(=O)OC(C)(C)C)CC1. The molecule has 1 saturated heterocycles. The molecule has 12 heteroatoms. The maximum absolute atomic E-state index is 13.5. The number of fused-ring (bicyclic) bond motifs is 2. The molecule has 5 rings (SSSR count). The summed E-state index contributed by atoms with van der Waals surface area (Å²) in [7, 11) is 1.55. The highest BCUT2D eigenvalue weighted by Crippen LogP contribution is 2.46. The van der Waals surface area contributed by atoms with E-state index in [1.54, 1.807) is 24.3 Å². The monoisotopic (exact) mass is 584 g/mol. The number of hydrogen-bond acceptors (Lipinski definition) is 8. The van der Waals surface area contributed by atoms with Gasteiger partial charge >= 0.3 is 6.09 Å². The number of benzene rings is 1. The average molecular weight is 585 g/mol. The molecule has 1 aromatic carbocycles. The Morgan fingerprint density at radius 1 is 1.23 bits per heavy atom. The van der Waals surface area contributed by atoms with Crippen LogP contribution in [0.25, 0.3) is 11.4 Å². The molecule has 0 saturated carbocycles. The minimum atomic E-state index is -0.568. The first-order chi connectivity index (χ1) is 19.0. The summed E-state index contributed by atoms with van der Waals surface area (Å²) in [5.74, 6) is 0.273. The Labute approximate surface area is 242 Å². The van der Waals surface area contributed by atoms with Crippen molar-refractivity contribution in [3.05, 3.63) is 46.7 Å².